The molecule has 2 heterocycles. The number of aliphatic hydroxyl groups excluding tert-OH is 1. The number of aromatic nitrogens is 2. The molecule has 2 aromatic heterocycles. The molecule has 0 spiro atoms. The Hall–Kier alpha value is -0.970. The van der Waals surface area contributed by atoms with Gasteiger partial charge in [0.1, 0.15) is 6.10 Å². The van der Waals surface area contributed by atoms with Crippen molar-refractivity contribution >= 4 is 22.9 Å². The van der Waals surface area contributed by atoms with Crippen LogP contribution in [0.25, 0.3) is 0 Å². The summed E-state index contributed by atoms with van der Waals surface area (Å²) in [5.74, 6) is 0. The van der Waals surface area contributed by atoms with E-state index in [0.29, 0.717) is 12.1 Å². The Kier molecular flexibility index (Phi) is 3.30. The van der Waals surface area contributed by atoms with E-state index in [2.05, 4.69) is 9.97 Å². The van der Waals surface area contributed by atoms with Gasteiger partial charge in [0.2, 0.25) is 0 Å². The maximum absolute atomic E-state index is 9.84. The smallest absolute Gasteiger partial charge is 0.102 e. The van der Waals surface area contributed by atoms with Crippen molar-refractivity contribution in [1.29, 1.82) is 0 Å². The van der Waals surface area contributed by atoms with Crippen LogP contribution in [0.1, 0.15) is 16.7 Å². The summed E-state index contributed by atoms with van der Waals surface area (Å²) < 4.78 is 0.733. The summed E-state index contributed by atoms with van der Waals surface area (Å²) in [5.41, 5.74) is 0.585. The van der Waals surface area contributed by atoms with Gasteiger partial charge in [0.25, 0.3) is 0 Å². The molecule has 2 rings (SSSR count). The topological polar surface area (TPSA) is 46.0 Å². The van der Waals surface area contributed by atoms with E-state index < -0.39 is 6.10 Å². The zero-order chi connectivity index (χ0) is 10.7. The standard InChI is InChI=1S/C10H9ClN2OS/c11-10-2-1-7(15-10)5-9(14)8-6-12-3-4-13-8/h1-4,6,9,14H,5H2. The normalized spacial score (nSPS) is 12.7. The highest BCUT2D eigenvalue weighted by Gasteiger charge is 2.11. The number of hydrogen-bond acceptors (Lipinski definition) is 4. The largest absolute Gasteiger partial charge is 0.386 e. The minimum atomic E-state index is -0.617. The average molecular weight is 241 g/mol. The predicted octanol–water partition coefficient (Wildman–Crippen LogP) is 2.47. The van der Waals surface area contributed by atoms with Crippen LogP contribution in [0.4, 0.5) is 0 Å². The second-order valence-corrected chi connectivity index (χ2v) is 4.86. The summed E-state index contributed by atoms with van der Waals surface area (Å²) in [5, 5.41) is 9.84. The highest BCUT2D eigenvalue weighted by molar-refractivity contribution is 7.16. The van der Waals surface area contributed by atoms with Gasteiger partial charge in [-0.3, -0.25) is 9.97 Å². The van der Waals surface area contributed by atoms with Crippen LogP contribution >= 0.6 is 22.9 Å². The summed E-state index contributed by atoms with van der Waals surface area (Å²) in [6.07, 6.45) is 4.63. The summed E-state index contributed by atoms with van der Waals surface area (Å²) in [4.78, 5) is 8.99. The lowest BCUT2D eigenvalue weighted by Crippen LogP contribution is -2.03. The SMILES string of the molecule is OC(Cc1ccc(Cl)s1)c1cnccn1. The van der Waals surface area contributed by atoms with E-state index in [1.807, 2.05) is 12.1 Å². The Bertz CT molecular complexity index is 432. The number of aliphatic hydroxyl groups is 1. The van der Waals surface area contributed by atoms with Crippen molar-refractivity contribution in [1.82, 2.24) is 9.97 Å². The van der Waals surface area contributed by atoms with E-state index in [9.17, 15) is 5.11 Å². The first-order chi connectivity index (χ1) is 7.25. The van der Waals surface area contributed by atoms with Crippen molar-refractivity contribution in [2.45, 2.75) is 12.5 Å². The Labute approximate surface area is 96.4 Å². The van der Waals surface area contributed by atoms with Crippen LogP contribution in [0.2, 0.25) is 4.34 Å². The quantitative estimate of drug-likeness (QED) is 0.897. The molecule has 2 aromatic rings. The predicted molar refractivity (Wildman–Crippen MR) is 60.0 cm³/mol. The molecule has 0 bridgehead atoms. The number of halogens is 1. The molecule has 1 atom stereocenters. The minimum absolute atomic E-state index is 0.524. The third-order valence-corrected chi connectivity index (χ3v) is 3.20. The highest BCUT2D eigenvalue weighted by atomic mass is 35.5. The van der Waals surface area contributed by atoms with Gasteiger partial charge in [-0.05, 0) is 12.1 Å². The number of rotatable bonds is 3. The van der Waals surface area contributed by atoms with Crippen LogP contribution in [0.3, 0.4) is 0 Å². The van der Waals surface area contributed by atoms with Gasteiger partial charge >= 0.3 is 0 Å². The van der Waals surface area contributed by atoms with Crippen molar-refractivity contribution in [2.24, 2.45) is 0 Å². The molecule has 0 radical (unpaired) electrons. The molecule has 5 heteroatoms. The van der Waals surface area contributed by atoms with Crippen LogP contribution in [0, 0.1) is 0 Å². The molecular weight excluding hydrogens is 232 g/mol. The maximum atomic E-state index is 9.84. The van der Waals surface area contributed by atoms with Gasteiger partial charge in [-0.2, -0.15) is 0 Å². The van der Waals surface area contributed by atoms with Crippen molar-refractivity contribution < 1.29 is 5.11 Å². The Morgan fingerprint density at radius 1 is 1.40 bits per heavy atom. The van der Waals surface area contributed by atoms with Crippen LogP contribution in [-0.4, -0.2) is 15.1 Å². The summed E-state index contributed by atoms with van der Waals surface area (Å²) in [6, 6.07) is 3.73. The zero-order valence-electron chi connectivity index (χ0n) is 7.80. The van der Waals surface area contributed by atoms with E-state index in [0.717, 1.165) is 9.21 Å². The fraction of sp³-hybridized carbons (Fsp3) is 0.200. The fourth-order valence-electron chi connectivity index (χ4n) is 1.24. The van der Waals surface area contributed by atoms with Crippen LogP contribution in [0.5, 0.6) is 0 Å². The Balaban J connectivity index is 2.07. The lowest BCUT2D eigenvalue weighted by atomic mass is 10.2. The van der Waals surface area contributed by atoms with E-state index in [1.54, 1.807) is 18.6 Å². The van der Waals surface area contributed by atoms with Crippen molar-refractivity contribution in [3.05, 3.63) is 45.6 Å². The van der Waals surface area contributed by atoms with Crippen molar-refractivity contribution in [3.8, 4) is 0 Å². The molecule has 0 amide bonds. The van der Waals surface area contributed by atoms with Crippen molar-refractivity contribution in [2.75, 3.05) is 0 Å². The Morgan fingerprint density at radius 2 is 2.27 bits per heavy atom. The average Bonchev–Trinajstić information content (AvgIpc) is 2.65. The molecule has 0 saturated carbocycles. The van der Waals surface area contributed by atoms with Gasteiger partial charge in [0.05, 0.1) is 16.2 Å². The van der Waals surface area contributed by atoms with Crippen LogP contribution < -0.4 is 0 Å². The molecule has 0 aromatic carbocycles. The third-order valence-electron chi connectivity index (χ3n) is 1.95. The lowest BCUT2D eigenvalue weighted by Gasteiger charge is -2.07. The van der Waals surface area contributed by atoms with Gasteiger partial charge in [0, 0.05) is 23.7 Å². The van der Waals surface area contributed by atoms with E-state index in [-0.39, 0.29) is 0 Å². The number of thiophene rings is 1. The molecule has 0 aliphatic carbocycles. The second kappa shape index (κ2) is 4.70. The van der Waals surface area contributed by atoms with E-state index in [1.165, 1.54) is 11.3 Å². The summed E-state index contributed by atoms with van der Waals surface area (Å²) in [7, 11) is 0. The monoisotopic (exact) mass is 240 g/mol. The molecule has 0 saturated heterocycles. The number of hydrogen-bond donors (Lipinski definition) is 1. The Morgan fingerprint density at radius 3 is 2.87 bits per heavy atom. The third kappa shape index (κ3) is 2.75. The molecule has 78 valence electrons. The summed E-state index contributed by atoms with van der Waals surface area (Å²) >= 11 is 7.27. The van der Waals surface area contributed by atoms with Gasteiger partial charge in [0.15, 0.2) is 0 Å². The van der Waals surface area contributed by atoms with Gasteiger partial charge in [-0.25, -0.2) is 0 Å². The fourth-order valence-corrected chi connectivity index (χ4v) is 2.36. The molecule has 3 nitrogen and oxygen atoms in total. The first-order valence-corrected chi connectivity index (χ1v) is 5.63. The second-order valence-electron chi connectivity index (χ2n) is 3.06. The van der Waals surface area contributed by atoms with Crippen molar-refractivity contribution in [3.63, 3.8) is 0 Å². The van der Waals surface area contributed by atoms with Crippen LogP contribution in [-0.2, 0) is 6.42 Å². The maximum Gasteiger partial charge on any atom is 0.102 e. The number of nitrogens with zero attached hydrogens (tertiary/aromatic N) is 2. The molecule has 0 aliphatic rings. The molecule has 15 heavy (non-hydrogen) atoms. The van der Waals surface area contributed by atoms with Gasteiger partial charge in [-0.1, -0.05) is 11.6 Å². The van der Waals surface area contributed by atoms with Gasteiger partial charge < -0.3 is 5.11 Å². The lowest BCUT2D eigenvalue weighted by molar-refractivity contribution is 0.174. The first-order valence-electron chi connectivity index (χ1n) is 4.44. The molecular formula is C10H9ClN2OS. The van der Waals surface area contributed by atoms with Crippen LogP contribution in [0.15, 0.2) is 30.7 Å². The highest BCUT2D eigenvalue weighted by Crippen LogP contribution is 2.25. The van der Waals surface area contributed by atoms with Gasteiger partial charge in [-0.15, -0.1) is 11.3 Å². The minimum Gasteiger partial charge on any atom is -0.386 e. The molecule has 0 aliphatic heterocycles. The molecule has 1 unspecified atom stereocenters. The first kappa shape index (κ1) is 10.5. The van der Waals surface area contributed by atoms with E-state index in [4.69, 9.17) is 11.6 Å². The summed E-state index contributed by atoms with van der Waals surface area (Å²) in [6.45, 7) is 0. The zero-order valence-corrected chi connectivity index (χ0v) is 9.37. The van der Waals surface area contributed by atoms with E-state index >= 15 is 0 Å². The molecule has 0 fully saturated rings. The molecule has 1 N–H and O–H groups in total.